The normalized spacial score (nSPS) is 10.4. The summed E-state index contributed by atoms with van der Waals surface area (Å²) in [5.74, 6) is 0.907. The van der Waals surface area contributed by atoms with Crippen LogP contribution < -0.4 is 14.8 Å². The largest absolute Gasteiger partial charge is 0.497 e. The average Bonchev–Trinajstić information content (AvgIpc) is 3.19. The van der Waals surface area contributed by atoms with Crippen molar-refractivity contribution < 1.29 is 14.3 Å². The SMILES string of the molecule is COc1ccc(OC)c(C(=O)NCc2ccccc2Cn2ccnc2)c1. The van der Waals surface area contributed by atoms with Gasteiger partial charge in [0, 0.05) is 25.5 Å². The number of carbonyl (C=O) groups excluding carboxylic acids is 1. The Kier molecular flexibility index (Phi) is 5.53. The third-order valence-electron chi connectivity index (χ3n) is 4.12. The third kappa shape index (κ3) is 4.03. The zero-order valence-electron chi connectivity index (χ0n) is 14.8. The number of benzene rings is 2. The number of hydrogen-bond donors (Lipinski definition) is 1. The van der Waals surface area contributed by atoms with Crippen molar-refractivity contribution in [1.29, 1.82) is 0 Å². The maximum absolute atomic E-state index is 12.6. The van der Waals surface area contributed by atoms with Crippen LogP contribution in [0.25, 0.3) is 0 Å². The molecule has 0 aliphatic rings. The summed E-state index contributed by atoms with van der Waals surface area (Å²) in [4.78, 5) is 16.7. The van der Waals surface area contributed by atoms with E-state index in [2.05, 4.69) is 10.3 Å². The number of nitrogens with one attached hydrogen (secondary N) is 1. The third-order valence-corrected chi connectivity index (χ3v) is 4.12. The second-order valence-corrected chi connectivity index (χ2v) is 5.75. The molecule has 134 valence electrons. The molecular formula is C20H21N3O3. The number of carbonyl (C=O) groups is 1. The van der Waals surface area contributed by atoms with Crippen LogP contribution >= 0.6 is 0 Å². The maximum Gasteiger partial charge on any atom is 0.255 e. The predicted octanol–water partition coefficient (Wildman–Crippen LogP) is 2.88. The maximum atomic E-state index is 12.6. The van der Waals surface area contributed by atoms with Gasteiger partial charge in [-0.25, -0.2) is 4.98 Å². The van der Waals surface area contributed by atoms with Gasteiger partial charge in [-0.1, -0.05) is 24.3 Å². The molecular weight excluding hydrogens is 330 g/mol. The fourth-order valence-corrected chi connectivity index (χ4v) is 2.72. The summed E-state index contributed by atoms with van der Waals surface area (Å²) in [7, 11) is 3.11. The van der Waals surface area contributed by atoms with Gasteiger partial charge in [-0.15, -0.1) is 0 Å². The highest BCUT2D eigenvalue weighted by Crippen LogP contribution is 2.24. The van der Waals surface area contributed by atoms with Gasteiger partial charge in [0.05, 0.1) is 26.1 Å². The van der Waals surface area contributed by atoms with Crippen molar-refractivity contribution in [1.82, 2.24) is 14.9 Å². The van der Waals surface area contributed by atoms with E-state index in [9.17, 15) is 4.79 Å². The summed E-state index contributed by atoms with van der Waals surface area (Å²) in [6.07, 6.45) is 5.44. The molecule has 1 heterocycles. The van der Waals surface area contributed by atoms with Crippen LogP contribution in [0.4, 0.5) is 0 Å². The molecule has 0 saturated heterocycles. The molecule has 0 aliphatic carbocycles. The van der Waals surface area contributed by atoms with Crippen LogP contribution in [0.2, 0.25) is 0 Å². The Morgan fingerprint density at radius 2 is 1.92 bits per heavy atom. The molecule has 0 radical (unpaired) electrons. The van der Waals surface area contributed by atoms with Gasteiger partial charge < -0.3 is 19.4 Å². The smallest absolute Gasteiger partial charge is 0.255 e. The van der Waals surface area contributed by atoms with Crippen LogP contribution in [0.5, 0.6) is 11.5 Å². The summed E-state index contributed by atoms with van der Waals surface area (Å²) >= 11 is 0. The molecule has 0 unspecified atom stereocenters. The molecule has 1 N–H and O–H groups in total. The van der Waals surface area contributed by atoms with Crippen LogP contribution in [0.3, 0.4) is 0 Å². The average molecular weight is 351 g/mol. The number of imidazole rings is 1. The molecule has 3 rings (SSSR count). The van der Waals surface area contributed by atoms with Crippen molar-refractivity contribution in [3.63, 3.8) is 0 Å². The van der Waals surface area contributed by atoms with Crippen LogP contribution in [0.15, 0.2) is 61.2 Å². The molecule has 0 atom stereocenters. The van der Waals surface area contributed by atoms with Crippen molar-refractivity contribution in [2.24, 2.45) is 0 Å². The molecule has 6 nitrogen and oxygen atoms in total. The quantitative estimate of drug-likeness (QED) is 0.711. The highest BCUT2D eigenvalue weighted by atomic mass is 16.5. The van der Waals surface area contributed by atoms with Gasteiger partial charge in [0.2, 0.25) is 0 Å². The Hall–Kier alpha value is -3.28. The Morgan fingerprint density at radius 1 is 1.12 bits per heavy atom. The van der Waals surface area contributed by atoms with Crippen LogP contribution in [0.1, 0.15) is 21.5 Å². The summed E-state index contributed by atoms with van der Waals surface area (Å²) < 4.78 is 12.5. The Bertz CT molecular complexity index is 876. The molecule has 1 aromatic heterocycles. The van der Waals surface area contributed by atoms with Crippen LogP contribution in [0, 0.1) is 0 Å². The molecule has 6 heteroatoms. The fourth-order valence-electron chi connectivity index (χ4n) is 2.72. The first-order valence-corrected chi connectivity index (χ1v) is 8.24. The van der Waals surface area contributed by atoms with Crippen molar-refractivity contribution in [3.8, 4) is 11.5 Å². The van der Waals surface area contributed by atoms with Crippen molar-refractivity contribution in [2.75, 3.05) is 14.2 Å². The van der Waals surface area contributed by atoms with E-state index in [1.165, 1.54) is 0 Å². The van der Waals surface area contributed by atoms with E-state index in [-0.39, 0.29) is 5.91 Å². The van der Waals surface area contributed by atoms with E-state index in [0.717, 1.165) is 11.1 Å². The molecule has 0 fully saturated rings. The lowest BCUT2D eigenvalue weighted by molar-refractivity contribution is 0.0947. The minimum atomic E-state index is -0.210. The molecule has 1 amide bonds. The lowest BCUT2D eigenvalue weighted by Gasteiger charge is -2.13. The van der Waals surface area contributed by atoms with Gasteiger partial charge in [-0.2, -0.15) is 0 Å². The topological polar surface area (TPSA) is 65.4 Å². The number of amides is 1. The number of hydrogen-bond acceptors (Lipinski definition) is 4. The van der Waals surface area contributed by atoms with E-state index in [1.807, 2.05) is 35.0 Å². The van der Waals surface area contributed by atoms with Crippen LogP contribution in [-0.4, -0.2) is 29.7 Å². The van der Waals surface area contributed by atoms with Crippen molar-refractivity contribution in [2.45, 2.75) is 13.1 Å². The van der Waals surface area contributed by atoms with Crippen molar-refractivity contribution >= 4 is 5.91 Å². The summed E-state index contributed by atoms with van der Waals surface area (Å²) in [5.41, 5.74) is 2.62. The minimum absolute atomic E-state index is 0.210. The number of rotatable bonds is 7. The van der Waals surface area contributed by atoms with Gasteiger partial charge in [-0.05, 0) is 29.3 Å². The summed E-state index contributed by atoms with van der Waals surface area (Å²) in [6.45, 7) is 1.12. The minimum Gasteiger partial charge on any atom is -0.497 e. The summed E-state index contributed by atoms with van der Waals surface area (Å²) in [6, 6.07) is 13.2. The number of aromatic nitrogens is 2. The first-order chi connectivity index (χ1) is 12.7. The van der Waals surface area contributed by atoms with Gasteiger partial charge in [0.25, 0.3) is 5.91 Å². The van der Waals surface area contributed by atoms with E-state index >= 15 is 0 Å². The lowest BCUT2D eigenvalue weighted by atomic mass is 10.1. The van der Waals surface area contributed by atoms with Crippen LogP contribution in [-0.2, 0) is 13.1 Å². The molecule has 0 aliphatic heterocycles. The Balaban J connectivity index is 1.74. The second kappa shape index (κ2) is 8.20. The predicted molar refractivity (Wildman–Crippen MR) is 98.5 cm³/mol. The molecule has 0 spiro atoms. The number of ether oxygens (including phenoxy) is 2. The molecule has 3 aromatic rings. The summed E-state index contributed by atoms with van der Waals surface area (Å²) in [5, 5.41) is 2.96. The van der Waals surface area contributed by atoms with Gasteiger partial charge in [-0.3, -0.25) is 4.79 Å². The van der Waals surface area contributed by atoms with Crippen molar-refractivity contribution in [3.05, 3.63) is 77.9 Å². The van der Waals surface area contributed by atoms with E-state index in [1.54, 1.807) is 44.9 Å². The zero-order chi connectivity index (χ0) is 18.4. The first-order valence-electron chi connectivity index (χ1n) is 8.24. The van der Waals surface area contributed by atoms with Gasteiger partial charge in [0.1, 0.15) is 11.5 Å². The highest BCUT2D eigenvalue weighted by molar-refractivity contribution is 5.97. The molecule has 0 saturated carbocycles. The van der Waals surface area contributed by atoms with E-state index in [4.69, 9.17) is 9.47 Å². The van der Waals surface area contributed by atoms with E-state index in [0.29, 0.717) is 30.2 Å². The zero-order valence-corrected chi connectivity index (χ0v) is 14.8. The monoisotopic (exact) mass is 351 g/mol. The fraction of sp³-hybridized carbons (Fsp3) is 0.200. The molecule has 0 bridgehead atoms. The standard InChI is InChI=1S/C20H21N3O3/c1-25-17-7-8-19(26-2)18(11-17)20(24)22-12-15-5-3-4-6-16(15)13-23-10-9-21-14-23/h3-11,14H,12-13H2,1-2H3,(H,22,24). The lowest BCUT2D eigenvalue weighted by Crippen LogP contribution is -2.24. The Morgan fingerprint density at radius 3 is 2.62 bits per heavy atom. The molecule has 2 aromatic carbocycles. The van der Waals surface area contributed by atoms with Gasteiger partial charge in [0.15, 0.2) is 0 Å². The second-order valence-electron chi connectivity index (χ2n) is 5.75. The van der Waals surface area contributed by atoms with E-state index < -0.39 is 0 Å². The van der Waals surface area contributed by atoms with Gasteiger partial charge >= 0.3 is 0 Å². The Labute approximate surface area is 152 Å². The first kappa shape index (κ1) is 17.5. The number of methoxy groups -OCH3 is 2. The number of nitrogens with zero attached hydrogens (tertiary/aromatic N) is 2. The molecule has 26 heavy (non-hydrogen) atoms. The highest BCUT2D eigenvalue weighted by Gasteiger charge is 2.14.